The summed E-state index contributed by atoms with van der Waals surface area (Å²) in [4.78, 5) is 0. The number of methoxy groups -OCH3 is 1. The number of nitrogens with one attached hydrogen (secondary N) is 1. The molecule has 106 valence electrons. The van der Waals surface area contributed by atoms with Gasteiger partial charge in [0.25, 0.3) is 0 Å². The van der Waals surface area contributed by atoms with Crippen molar-refractivity contribution >= 4 is 21.8 Å². The predicted octanol–water partition coefficient (Wildman–Crippen LogP) is 1.76. The number of thioether (sulfide) groups is 1. The monoisotopic (exact) mass is 293 g/mol. The van der Waals surface area contributed by atoms with Crippen molar-refractivity contribution in [2.75, 3.05) is 25.2 Å². The van der Waals surface area contributed by atoms with Crippen molar-refractivity contribution in [2.24, 2.45) is 0 Å². The zero-order valence-electron chi connectivity index (χ0n) is 11.0. The van der Waals surface area contributed by atoms with Crippen molar-refractivity contribution in [1.29, 1.82) is 0 Å². The molecule has 1 N–H and O–H groups in total. The average molecular weight is 293 g/mol. The number of sulfonamides is 1. The Balaban J connectivity index is 1.91. The lowest BCUT2D eigenvalue weighted by Crippen LogP contribution is -2.47. The average Bonchev–Trinajstić information content (AvgIpc) is 2.87. The van der Waals surface area contributed by atoms with Crippen molar-refractivity contribution in [1.82, 2.24) is 4.72 Å². The fraction of sp³-hybridized carbons (Fsp3) is 1.00. The first-order valence-corrected chi connectivity index (χ1v) is 9.39. The maximum Gasteiger partial charge on any atom is 0.214 e. The summed E-state index contributed by atoms with van der Waals surface area (Å²) in [5.74, 6) is 1.94. The Morgan fingerprint density at radius 1 is 1.33 bits per heavy atom. The second-order valence-corrected chi connectivity index (χ2v) is 8.47. The third-order valence-electron chi connectivity index (χ3n) is 4.09. The third kappa shape index (κ3) is 3.40. The van der Waals surface area contributed by atoms with E-state index in [1.54, 1.807) is 7.11 Å². The fourth-order valence-electron chi connectivity index (χ4n) is 2.69. The van der Waals surface area contributed by atoms with Crippen LogP contribution in [0.1, 0.15) is 38.5 Å². The largest absolute Gasteiger partial charge is 0.376 e. The Morgan fingerprint density at radius 3 is 2.61 bits per heavy atom. The highest BCUT2D eigenvalue weighted by Gasteiger charge is 2.37. The van der Waals surface area contributed by atoms with Gasteiger partial charge < -0.3 is 4.74 Å². The molecule has 2 aliphatic rings. The topological polar surface area (TPSA) is 55.4 Å². The molecule has 2 rings (SSSR count). The first kappa shape index (κ1) is 14.6. The summed E-state index contributed by atoms with van der Waals surface area (Å²) in [5, 5.41) is -0.186. The van der Waals surface area contributed by atoms with Gasteiger partial charge in [0.05, 0.1) is 10.9 Å². The lowest BCUT2D eigenvalue weighted by atomic mass is 10.0. The summed E-state index contributed by atoms with van der Waals surface area (Å²) in [6.45, 7) is 0.426. The second kappa shape index (κ2) is 6.11. The maximum atomic E-state index is 12.2. The molecule has 18 heavy (non-hydrogen) atoms. The Kier molecular flexibility index (Phi) is 4.97. The first-order valence-electron chi connectivity index (χ1n) is 6.69. The Morgan fingerprint density at radius 2 is 2.06 bits per heavy atom. The van der Waals surface area contributed by atoms with Crippen LogP contribution in [0.25, 0.3) is 0 Å². The van der Waals surface area contributed by atoms with Gasteiger partial charge in [-0.3, -0.25) is 0 Å². The quantitative estimate of drug-likeness (QED) is 0.839. The molecule has 2 fully saturated rings. The minimum absolute atomic E-state index is 0.186. The molecular weight excluding hydrogens is 270 g/mol. The van der Waals surface area contributed by atoms with Gasteiger partial charge in [-0.15, -0.1) is 0 Å². The molecule has 4 nitrogen and oxygen atoms in total. The summed E-state index contributed by atoms with van der Waals surface area (Å²) in [7, 11) is -1.48. The standard InChI is InChI=1S/C12H23NO3S2/c1-16-12(7-8-17-10-12)9-13-18(14,15)11-5-3-2-4-6-11/h11,13H,2-10H2,1H3. The van der Waals surface area contributed by atoms with Gasteiger partial charge >= 0.3 is 0 Å². The first-order chi connectivity index (χ1) is 8.58. The molecule has 0 amide bonds. The molecule has 1 atom stereocenters. The van der Waals surface area contributed by atoms with Crippen LogP contribution in [-0.2, 0) is 14.8 Å². The van der Waals surface area contributed by atoms with E-state index in [-0.39, 0.29) is 10.9 Å². The lowest BCUT2D eigenvalue weighted by Gasteiger charge is -2.29. The van der Waals surface area contributed by atoms with Gasteiger partial charge in [0.2, 0.25) is 10.0 Å². The molecule has 0 spiro atoms. The van der Waals surface area contributed by atoms with E-state index in [4.69, 9.17) is 4.74 Å². The van der Waals surface area contributed by atoms with Gasteiger partial charge in [-0.1, -0.05) is 19.3 Å². The van der Waals surface area contributed by atoms with Crippen molar-refractivity contribution in [2.45, 2.75) is 49.4 Å². The normalized spacial score (nSPS) is 30.7. The van der Waals surface area contributed by atoms with E-state index in [9.17, 15) is 8.42 Å². The summed E-state index contributed by atoms with van der Waals surface area (Å²) < 4.78 is 32.8. The van der Waals surface area contributed by atoms with Gasteiger partial charge in [-0.25, -0.2) is 13.1 Å². The van der Waals surface area contributed by atoms with Crippen LogP contribution < -0.4 is 4.72 Å². The van der Waals surface area contributed by atoms with Crippen LogP contribution >= 0.6 is 11.8 Å². The second-order valence-electron chi connectivity index (χ2n) is 5.32. The molecule has 0 bridgehead atoms. The van der Waals surface area contributed by atoms with Crippen molar-refractivity contribution in [3.63, 3.8) is 0 Å². The molecule has 1 aliphatic carbocycles. The molecule has 6 heteroatoms. The van der Waals surface area contributed by atoms with E-state index in [0.29, 0.717) is 6.54 Å². The van der Waals surface area contributed by atoms with E-state index < -0.39 is 10.0 Å². The smallest absolute Gasteiger partial charge is 0.214 e. The SMILES string of the molecule is COC1(CNS(=O)(=O)C2CCCCC2)CCSC1. The molecule has 1 heterocycles. The highest BCUT2D eigenvalue weighted by molar-refractivity contribution is 7.99. The number of hydrogen-bond acceptors (Lipinski definition) is 4. The van der Waals surface area contributed by atoms with Gasteiger partial charge in [-0.05, 0) is 25.0 Å². The number of rotatable bonds is 5. The van der Waals surface area contributed by atoms with E-state index in [0.717, 1.165) is 43.6 Å². The van der Waals surface area contributed by atoms with Gasteiger partial charge in [0, 0.05) is 19.4 Å². The molecule has 1 aliphatic heterocycles. The zero-order chi connectivity index (χ0) is 13.1. The van der Waals surface area contributed by atoms with Crippen LogP contribution in [0.5, 0.6) is 0 Å². The van der Waals surface area contributed by atoms with Crippen LogP contribution in [0.2, 0.25) is 0 Å². The predicted molar refractivity (Wildman–Crippen MR) is 75.5 cm³/mol. The summed E-state index contributed by atoms with van der Waals surface area (Å²) in [6, 6.07) is 0. The molecule has 0 aromatic carbocycles. The minimum Gasteiger partial charge on any atom is -0.376 e. The molecule has 1 unspecified atom stereocenters. The highest BCUT2D eigenvalue weighted by atomic mass is 32.2. The molecular formula is C12H23NO3S2. The Hall–Kier alpha value is 0.220. The minimum atomic E-state index is -3.16. The van der Waals surface area contributed by atoms with Crippen LogP contribution in [-0.4, -0.2) is 44.4 Å². The van der Waals surface area contributed by atoms with Crippen LogP contribution in [0.4, 0.5) is 0 Å². The Bertz CT molecular complexity index is 358. The van der Waals surface area contributed by atoms with Crippen molar-refractivity contribution in [3.05, 3.63) is 0 Å². The van der Waals surface area contributed by atoms with Crippen LogP contribution in [0, 0.1) is 0 Å². The number of hydrogen-bond donors (Lipinski definition) is 1. The highest BCUT2D eigenvalue weighted by Crippen LogP contribution is 2.31. The molecule has 1 saturated heterocycles. The van der Waals surface area contributed by atoms with Crippen molar-refractivity contribution in [3.8, 4) is 0 Å². The van der Waals surface area contributed by atoms with E-state index in [2.05, 4.69) is 4.72 Å². The Labute approximate surface area is 114 Å². The van der Waals surface area contributed by atoms with Crippen LogP contribution in [0.15, 0.2) is 0 Å². The summed E-state index contributed by atoms with van der Waals surface area (Å²) >= 11 is 1.83. The molecule has 0 radical (unpaired) electrons. The number of ether oxygens (including phenoxy) is 1. The third-order valence-corrected chi connectivity index (χ3v) is 7.21. The summed E-state index contributed by atoms with van der Waals surface area (Å²) in [5.41, 5.74) is -0.285. The van der Waals surface area contributed by atoms with Gasteiger partial charge in [0.15, 0.2) is 0 Å². The van der Waals surface area contributed by atoms with E-state index in [1.165, 1.54) is 6.42 Å². The lowest BCUT2D eigenvalue weighted by molar-refractivity contribution is 0.0178. The van der Waals surface area contributed by atoms with Crippen LogP contribution in [0.3, 0.4) is 0 Å². The fourth-order valence-corrected chi connectivity index (χ4v) is 5.74. The van der Waals surface area contributed by atoms with E-state index in [1.807, 2.05) is 11.8 Å². The molecule has 1 saturated carbocycles. The van der Waals surface area contributed by atoms with Gasteiger partial charge in [0.1, 0.15) is 0 Å². The zero-order valence-corrected chi connectivity index (χ0v) is 12.6. The van der Waals surface area contributed by atoms with Gasteiger partial charge in [-0.2, -0.15) is 11.8 Å². The van der Waals surface area contributed by atoms with E-state index >= 15 is 0 Å². The van der Waals surface area contributed by atoms with Crippen molar-refractivity contribution < 1.29 is 13.2 Å². The molecule has 0 aromatic heterocycles. The maximum absolute atomic E-state index is 12.2. The summed E-state index contributed by atoms with van der Waals surface area (Å²) in [6.07, 6.45) is 5.80. The molecule has 0 aromatic rings.